The van der Waals surface area contributed by atoms with Gasteiger partial charge in [0, 0.05) is 26.6 Å². The Hall–Kier alpha value is -4.96. The molecule has 1 aromatic rings. The molecule has 0 aliphatic carbocycles. The van der Waals surface area contributed by atoms with Crippen molar-refractivity contribution in [1.29, 1.82) is 0 Å². The smallest absolute Gasteiger partial charge is 0.416 e. The number of fused-ring (bicyclic) bond motifs is 2. The quantitative estimate of drug-likeness (QED) is 0.194. The van der Waals surface area contributed by atoms with E-state index in [1.807, 2.05) is 6.92 Å². The second kappa shape index (κ2) is 18.4. The lowest BCUT2D eigenvalue weighted by molar-refractivity contribution is -0.158. The topological polar surface area (TPSA) is 175 Å². The van der Waals surface area contributed by atoms with E-state index >= 15 is 0 Å². The number of nitrogens with zero attached hydrogens (tertiary/aromatic N) is 3. The third kappa shape index (κ3) is 10.4. The summed E-state index contributed by atoms with van der Waals surface area (Å²) in [4.78, 5) is 98.5. The van der Waals surface area contributed by atoms with Crippen molar-refractivity contribution in [2.45, 2.75) is 115 Å². The lowest BCUT2D eigenvalue weighted by atomic mass is 10.0. The predicted octanol–water partition coefficient (Wildman–Crippen LogP) is 1.85. The van der Waals surface area contributed by atoms with Crippen LogP contribution in [-0.2, 0) is 50.9 Å². The highest BCUT2D eigenvalue weighted by Crippen LogP contribution is 2.30. The van der Waals surface area contributed by atoms with Gasteiger partial charge in [-0.1, -0.05) is 44.0 Å². The van der Waals surface area contributed by atoms with Gasteiger partial charge in [0.25, 0.3) is 0 Å². The number of cyclic esters (lactones) is 1. The van der Waals surface area contributed by atoms with Gasteiger partial charge in [-0.05, 0) is 63.7 Å². The van der Waals surface area contributed by atoms with E-state index in [4.69, 9.17) is 4.74 Å². The number of likely N-dealkylation sites (N-methyl/N-ethyl adjacent to an activating group) is 1. The summed E-state index contributed by atoms with van der Waals surface area (Å²) in [5, 5.41) is 7.66. The van der Waals surface area contributed by atoms with Gasteiger partial charge in [0.1, 0.15) is 42.9 Å². The first kappa shape index (κ1) is 41.8. The molecular weight excluding hydrogens is 713 g/mol. The number of esters is 1. The molecule has 3 aliphatic rings. The Morgan fingerprint density at radius 3 is 2.33 bits per heavy atom. The minimum atomic E-state index is -4.67. The van der Waals surface area contributed by atoms with Crippen LogP contribution < -0.4 is 16.0 Å². The Balaban J connectivity index is 1.67. The standard InChI is InChI=1S/C37H49F3N6O8/c1-5-6-7-8-16-30(47)42-26(20-24-12-9-13-25(19-24)37(38,39)40)32(49)43-27-21-54-36(53)29-15-11-18-46(29)33(50)22(2)41-31(48)23(3)44(4)35(52)28-14-10-17-45(28)34(27)51/h8-9,12-13,16,19,22-23,26-29H,5-7,10-11,14-15,17-18,20-21H2,1-4H3,(H,41,48)(H,42,47)(H,43,49)/b16-8+/t22-,23-,26-,27-,28-,29-/m0/s1. The van der Waals surface area contributed by atoms with E-state index < -0.39 is 102 Å². The average molecular weight is 763 g/mol. The van der Waals surface area contributed by atoms with E-state index in [0.29, 0.717) is 19.3 Å². The van der Waals surface area contributed by atoms with Gasteiger partial charge in [-0.25, -0.2) is 4.79 Å². The third-order valence-corrected chi connectivity index (χ3v) is 9.99. The van der Waals surface area contributed by atoms with Crippen molar-refractivity contribution in [3.63, 3.8) is 0 Å². The molecule has 14 nitrogen and oxygen atoms in total. The molecule has 54 heavy (non-hydrogen) atoms. The van der Waals surface area contributed by atoms with Crippen molar-refractivity contribution in [3.05, 3.63) is 47.5 Å². The van der Waals surface area contributed by atoms with Gasteiger partial charge in [0.2, 0.25) is 35.4 Å². The molecule has 6 amide bonds. The molecule has 3 heterocycles. The molecule has 0 saturated carbocycles. The number of halogens is 3. The highest BCUT2D eigenvalue weighted by atomic mass is 19.4. The molecule has 0 radical (unpaired) electrons. The maximum atomic E-state index is 14.2. The molecular formula is C37H49F3N6O8. The van der Waals surface area contributed by atoms with E-state index in [0.717, 1.165) is 25.0 Å². The molecule has 1 aromatic carbocycles. The number of allylic oxidation sites excluding steroid dienone is 1. The van der Waals surface area contributed by atoms with Gasteiger partial charge in [-0.2, -0.15) is 13.2 Å². The number of alkyl halides is 3. The van der Waals surface area contributed by atoms with Gasteiger partial charge in [0.15, 0.2) is 0 Å². The van der Waals surface area contributed by atoms with Crippen molar-refractivity contribution in [2.24, 2.45) is 0 Å². The number of carbonyl (C=O) groups is 7. The Kier molecular flexibility index (Phi) is 14.2. The molecule has 17 heteroatoms. The monoisotopic (exact) mass is 762 g/mol. The summed E-state index contributed by atoms with van der Waals surface area (Å²) in [6.07, 6.45) is 1.34. The van der Waals surface area contributed by atoms with Crippen LogP contribution in [0.5, 0.6) is 0 Å². The van der Waals surface area contributed by atoms with Crippen molar-refractivity contribution < 1.29 is 51.5 Å². The number of hydrogen-bond donors (Lipinski definition) is 3. The molecule has 3 saturated heterocycles. The number of nitrogens with one attached hydrogen (secondary N) is 3. The van der Waals surface area contributed by atoms with Crippen molar-refractivity contribution in [1.82, 2.24) is 30.7 Å². The Morgan fingerprint density at radius 1 is 1.00 bits per heavy atom. The van der Waals surface area contributed by atoms with Crippen LogP contribution in [-0.4, -0.2) is 119 Å². The van der Waals surface area contributed by atoms with Crippen LogP contribution in [0.3, 0.4) is 0 Å². The molecule has 0 bridgehead atoms. The second-order valence-corrected chi connectivity index (χ2v) is 13.9. The number of ether oxygens (including phenoxy) is 1. The maximum Gasteiger partial charge on any atom is 0.416 e. The minimum absolute atomic E-state index is 0.0719. The van der Waals surface area contributed by atoms with Crippen LogP contribution in [0.4, 0.5) is 13.2 Å². The van der Waals surface area contributed by atoms with Crippen molar-refractivity contribution >= 4 is 41.4 Å². The van der Waals surface area contributed by atoms with E-state index in [9.17, 15) is 46.7 Å². The highest BCUT2D eigenvalue weighted by molar-refractivity contribution is 5.98. The summed E-state index contributed by atoms with van der Waals surface area (Å²) in [6.45, 7) is 4.50. The van der Waals surface area contributed by atoms with E-state index in [2.05, 4.69) is 16.0 Å². The fraction of sp³-hybridized carbons (Fsp3) is 0.595. The first-order chi connectivity index (χ1) is 25.5. The number of hydrogen-bond acceptors (Lipinski definition) is 8. The maximum absolute atomic E-state index is 14.2. The molecule has 0 spiro atoms. The molecule has 3 aliphatic heterocycles. The first-order valence-electron chi connectivity index (χ1n) is 18.3. The SMILES string of the molecule is CCCC/C=C/C(=O)N[C@@H](Cc1cccc(C(F)(F)F)c1)C(=O)N[C@H]1COC(=O)[C@@H]2CCCN2C(=O)[C@H](C)NC(=O)[C@H](C)N(C)C(=O)[C@@H]2CCCN2C1=O. The van der Waals surface area contributed by atoms with Crippen molar-refractivity contribution in [3.8, 4) is 0 Å². The fourth-order valence-corrected chi connectivity index (χ4v) is 6.77. The zero-order valence-electron chi connectivity index (χ0n) is 30.9. The number of amides is 6. The molecule has 3 N–H and O–H groups in total. The van der Waals surface area contributed by atoms with Gasteiger partial charge < -0.3 is 35.4 Å². The van der Waals surface area contributed by atoms with Gasteiger partial charge in [-0.15, -0.1) is 0 Å². The summed E-state index contributed by atoms with van der Waals surface area (Å²) < 4.78 is 46.2. The number of rotatable bonds is 9. The Morgan fingerprint density at radius 2 is 1.67 bits per heavy atom. The first-order valence-corrected chi connectivity index (χ1v) is 18.3. The van der Waals surface area contributed by atoms with Crippen LogP contribution >= 0.6 is 0 Å². The van der Waals surface area contributed by atoms with E-state index in [1.165, 1.54) is 53.8 Å². The molecule has 0 unspecified atom stereocenters. The molecule has 0 aromatic heterocycles. The number of unbranched alkanes of at least 4 members (excludes halogenated alkanes) is 2. The fourth-order valence-electron chi connectivity index (χ4n) is 6.77. The van der Waals surface area contributed by atoms with Crippen LogP contribution in [0.25, 0.3) is 0 Å². The summed E-state index contributed by atoms with van der Waals surface area (Å²) >= 11 is 0. The predicted molar refractivity (Wildman–Crippen MR) is 188 cm³/mol. The zero-order valence-corrected chi connectivity index (χ0v) is 30.9. The summed E-state index contributed by atoms with van der Waals surface area (Å²) in [5.41, 5.74) is -0.887. The van der Waals surface area contributed by atoms with Crippen LogP contribution in [0.15, 0.2) is 36.4 Å². The summed E-state index contributed by atoms with van der Waals surface area (Å²) in [6, 6.07) is -2.96. The number of carbonyl (C=O) groups excluding carboxylic acids is 7. The van der Waals surface area contributed by atoms with Gasteiger partial charge >= 0.3 is 12.1 Å². The second-order valence-electron chi connectivity index (χ2n) is 13.9. The summed E-state index contributed by atoms with van der Waals surface area (Å²) in [5.74, 6) is -5.03. The lowest BCUT2D eigenvalue weighted by Crippen LogP contribution is -2.60. The molecule has 3 fully saturated rings. The van der Waals surface area contributed by atoms with Crippen LogP contribution in [0, 0.1) is 0 Å². The lowest BCUT2D eigenvalue weighted by Gasteiger charge is -2.34. The van der Waals surface area contributed by atoms with E-state index in [-0.39, 0.29) is 31.5 Å². The van der Waals surface area contributed by atoms with Gasteiger partial charge in [0.05, 0.1) is 5.56 Å². The zero-order chi connectivity index (χ0) is 39.7. The average Bonchev–Trinajstić information content (AvgIpc) is 3.83. The Bertz CT molecular complexity index is 1620. The van der Waals surface area contributed by atoms with Crippen LogP contribution in [0.2, 0.25) is 0 Å². The Labute approximate surface area is 312 Å². The number of benzene rings is 1. The molecule has 296 valence electrons. The minimum Gasteiger partial charge on any atom is -0.461 e. The van der Waals surface area contributed by atoms with E-state index in [1.54, 1.807) is 6.08 Å². The highest BCUT2D eigenvalue weighted by Gasteiger charge is 2.43. The third-order valence-electron chi connectivity index (χ3n) is 9.99. The normalized spacial score (nSPS) is 25.3. The van der Waals surface area contributed by atoms with Gasteiger partial charge in [-0.3, -0.25) is 28.8 Å². The largest absolute Gasteiger partial charge is 0.461 e. The van der Waals surface area contributed by atoms with Crippen molar-refractivity contribution in [2.75, 3.05) is 26.7 Å². The van der Waals surface area contributed by atoms with Crippen LogP contribution in [0.1, 0.15) is 76.8 Å². The molecule has 4 rings (SSSR count). The summed E-state index contributed by atoms with van der Waals surface area (Å²) in [7, 11) is 1.40. The molecule has 6 atom stereocenters.